The third-order valence-corrected chi connectivity index (χ3v) is 23.6. The molecule has 0 radical (unpaired) electrons. The van der Waals surface area contributed by atoms with E-state index in [1.54, 1.807) is 3.71 Å². The molecule has 5 rings (SSSR count). The van der Waals surface area contributed by atoms with Crippen molar-refractivity contribution >= 4 is 39.2 Å². The molecular weight excluding hydrogens is 674 g/mol. The molecule has 1 atom stereocenters. The van der Waals surface area contributed by atoms with Crippen molar-refractivity contribution in [2.45, 2.75) is 91.7 Å². The van der Waals surface area contributed by atoms with Gasteiger partial charge in [0.15, 0.2) is 5.58 Å². The molecular formula is C33H46F3N5O2Sn. The molecule has 1 fully saturated rings. The second kappa shape index (κ2) is 16.1. The summed E-state index contributed by atoms with van der Waals surface area (Å²) in [6.45, 7) is 11.1. The minimum absolute atomic E-state index is 0.0622. The maximum atomic E-state index is 13.2. The third-order valence-electron chi connectivity index (χ3n) is 8.45. The Morgan fingerprint density at radius 3 is 2.23 bits per heavy atom. The molecule has 240 valence electrons. The van der Waals surface area contributed by atoms with Crippen molar-refractivity contribution in [3.63, 3.8) is 0 Å². The number of nitrogens with one attached hydrogen (secondary N) is 1. The molecule has 0 aliphatic carbocycles. The van der Waals surface area contributed by atoms with Crippen LogP contribution in [0.3, 0.4) is 0 Å². The topological polar surface area (TPSA) is 80.2 Å². The number of aromatic nitrogens is 3. The Hall–Kier alpha value is -2.60. The fourth-order valence-electron chi connectivity index (χ4n) is 5.93. The van der Waals surface area contributed by atoms with E-state index in [0.717, 1.165) is 25.2 Å². The van der Waals surface area contributed by atoms with Crippen molar-refractivity contribution in [1.29, 1.82) is 0 Å². The zero-order chi connectivity index (χ0) is 31.6. The molecule has 0 spiro atoms. The summed E-state index contributed by atoms with van der Waals surface area (Å²) in [6, 6.07) is 9.01. The van der Waals surface area contributed by atoms with Gasteiger partial charge in [0.1, 0.15) is 11.8 Å². The number of pyridine rings is 1. The van der Waals surface area contributed by atoms with E-state index in [9.17, 15) is 13.2 Å². The first kappa shape index (κ1) is 34.3. The van der Waals surface area contributed by atoms with Crippen LogP contribution in [0.5, 0.6) is 0 Å². The van der Waals surface area contributed by atoms with E-state index in [4.69, 9.17) is 13.8 Å². The summed E-state index contributed by atoms with van der Waals surface area (Å²) in [6.07, 6.45) is 8.45. The first-order valence-corrected chi connectivity index (χ1v) is 23.5. The van der Waals surface area contributed by atoms with E-state index in [1.165, 1.54) is 64.3 Å². The van der Waals surface area contributed by atoms with E-state index in [-0.39, 0.29) is 28.6 Å². The van der Waals surface area contributed by atoms with Gasteiger partial charge in [0.25, 0.3) is 6.01 Å². The minimum Gasteiger partial charge on any atom is -0.444 e. The molecule has 1 aromatic carbocycles. The minimum atomic E-state index is -4.50. The molecule has 11 heteroatoms. The Kier molecular flexibility index (Phi) is 12.5. The van der Waals surface area contributed by atoms with Gasteiger partial charge in [-0.1, -0.05) is 0 Å². The number of benzene rings is 1. The SMILES string of the molecule is CCC[CH2][Sn]([CH2]CCC)([CH2]CCC)[c]1ccccn1.C[C@H]1CNCCN1c1nc2cc(C(F)(F)F)cc(-c3ncco3)c2o1. The zero-order valence-electron chi connectivity index (χ0n) is 26.4. The van der Waals surface area contributed by atoms with Crippen molar-refractivity contribution in [2.24, 2.45) is 0 Å². The Morgan fingerprint density at radius 1 is 0.977 bits per heavy atom. The predicted molar refractivity (Wildman–Crippen MR) is 173 cm³/mol. The largest absolute Gasteiger partial charge is 0.444 e. The summed E-state index contributed by atoms with van der Waals surface area (Å²) in [4.78, 5) is 15.0. The number of unbranched alkanes of at least 4 members (excludes halogenated alkanes) is 3. The van der Waals surface area contributed by atoms with E-state index >= 15 is 0 Å². The van der Waals surface area contributed by atoms with Gasteiger partial charge in [0.2, 0.25) is 5.89 Å². The van der Waals surface area contributed by atoms with Gasteiger partial charge in [-0.3, -0.25) is 0 Å². The molecule has 1 N–H and O–H groups in total. The molecule has 4 aromatic rings. The number of anilines is 1. The number of alkyl halides is 3. The number of nitrogens with zero attached hydrogens (tertiary/aromatic N) is 4. The molecule has 4 heterocycles. The third kappa shape index (κ3) is 8.56. The number of rotatable bonds is 12. The van der Waals surface area contributed by atoms with Crippen LogP contribution in [0.25, 0.3) is 22.6 Å². The fourth-order valence-corrected chi connectivity index (χ4v) is 21.4. The summed E-state index contributed by atoms with van der Waals surface area (Å²) in [5.41, 5.74) is -0.322. The molecule has 0 bridgehead atoms. The summed E-state index contributed by atoms with van der Waals surface area (Å²) in [5.74, 6) is 0.0622. The van der Waals surface area contributed by atoms with Crippen LogP contribution in [0.2, 0.25) is 13.3 Å². The van der Waals surface area contributed by atoms with Gasteiger partial charge in [-0.2, -0.15) is 18.2 Å². The average molecular weight is 720 g/mol. The van der Waals surface area contributed by atoms with Crippen LogP contribution in [0, 0.1) is 0 Å². The maximum Gasteiger partial charge on any atom is 0.416 e. The molecule has 0 saturated carbocycles. The van der Waals surface area contributed by atoms with E-state index in [0.29, 0.717) is 12.6 Å². The Bertz CT molecular complexity index is 1390. The number of piperazine rings is 1. The smallest absolute Gasteiger partial charge is 0.416 e. The van der Waals surface area contributed by atoms with Crippen LogP contribution in [-0.2, 0) is 6.18 Å². The van der Waals surface area contributed by atoms with Gasteiger partial charge < -0.3 is 19.1 Å². The van der Waals surface area contributed by atoms with Gasteiger partial charge in [0.05, 0.1) is 17.3 Å². The Morgan fingerprint density at radius 2 is 1.68 bits per heavy atom. The monoisotopic (exact) mass is 721 g/mol. The fraction of sp³-hybridized carbons (Fsp3) is 0.545. The van der Waals surface area contributed by atoms with Crippen molar-refractivity contribution in [2.75, 3.05) is 24.5 Å². The van der Waals surface area contributed by atoms with Gasteiger partial charge in [-0.25, -0.2) is 4.98 Å². The van der Waals surface area contributed by atoms with Crippen LogP contribution in [0.15, 0.2) is 57.8 Å². The first-order chi connectivity index (χ1) is 21.2. The maximum absolute atomic E-state index is 13.2. The average Bonchev–Trinajstić information content (AvgIpc) is 3.72. The van der Waals surface area contributed by atoms with Gasteiger partial charge in [-0.05, 0) is 19.1 Å². The summed E-state index contributed by atoms with van der Waals surface area (Å²) in [5, 5.41) is 3.25. The number of fused-ring (bicyclic) bond motifs is 1. The molecule has 0 unspecified atom stereocenters. The van der Waals surface area contributed by atoms with E-state index in [1.807, 2.05) is 18.0 Å². The molecule has 7 nitrogen and oxygen atoms in total. The van der Waals surface area contributed by atoms with Gasteiger partial charge in [-0.15, -0.1) is 0 Å². The van der Waals surface area contributed by atoms with Crippen molar-refractivity contribution in [3.05, 3.63) is 54.6 Å². The van der Waals surface area contributed by atoms with Crippen molar-refractivity contribution in [1.82, 2.24) is 20.3 Å². The number of hydrogen-bond donors (Lipinski definition) is 1. The zero-order valence-corrected chi connectivity index (χ0v) is 29.3. The molecule has 1 saturated heterocycles. The Balaban J connectivity index is 0.000000210. The Labute approximate surface area is 262 Å². The molecule has 44 heavy (non-hydrogen) atoms. The summed E-state index contributed by atoms with van der Waals surface area (Å²) >= 11 is -2.21. The standard InChI is InChI=1S/C16H15F3N4O2.C5H4N.3C4H9.Sn/c1-9-8-20-2-4-23(9)15-22-12-7-10(16(17,18)19)6-11(13(12)25-15)14-21-3-5-24-14;1-2-4-6-5-3-1;3*1-3-4-2;/h3,5-7,9,20H,2,4,8H2,1H3;1-4H;3*1,3-4H2,2H3;/t9-;;;;;/m0...../s1. The van der Waals surface area contributed by atoms with Crippen LogP contribution in [0.4, 0.5) is 19.2 Å². The first-order valence-electron chi connectivity index (χ1n) is 16.0. The van der Waals surface area contributed by atoms with Crippen molar-refractivity contribution < 1.29 is 22.0 Å². The number of oxazole rings is 2. The second-order valence-corrected chi connectivity index (χ2v) is 24.8. The molecule has 1 aliphatic rings. The number of hydrogen-bond acceptors (Lipinski definition) is 7. The predicted octanol–water partition coefficient (Wildman–Crippen LogP) is 8.44. The summed E-state index contributed by atoms with van der Waals surface area (Å²) < 4.78 is 56.8. The normalized spacial score (nSPS) is 15.8. The van der Waals surface area contributed by atoms with E-state index in [2.05, 4.69) is 54.3 Å². The quantitative estimate of drug-likeness (QED) is 0.147. The summed E-state index contributed by atoms with van der Waals surface area (Å²) in [7, 11) is 0. The second-order valence-electron chi connectivity index (χ2n) is 11.8. The molecule has 3 aromatic heterocycles. The van der Waals surface area contributed by atoms with Crippen LogP contribution >= 0.6 is 0 Å². The van der Waals surface area contributed by atoms with Crippen LogP contribution in [0.1, 0.15) is 71.8 Å². The van der Waals surface area contributed by atoms with E-state index < -0.39 is 30.1 Å². The molecule has 0 amide bonds. The van der Waals surface area contributed by atoms with Gasteiger partial charge >= 0.3 is 130 Å². The van der Waals surface area contributed by atoms with Crippen molar-refractivity contribution in [3.8, 4) is 11.5 Å². The molecule has 1 aliphatic heterocycles. The van der Waals surface area contributed by atoms with Crippen LogP contribution < -0.4 is 13.9 Å². The number of halogens is 3. The van der Waals surface area contributed by atoms with Gasteiger partial charge in [0, 0.05) is 25.7 Å². The van der Waals surface area contributed by atoms with Crippen LogP contribution in [-0.4, -0.2) is 59.0 Å².